The molecular formula is C9H16O6. The average molecular weight is 220 g/mol. The summed E-state index contributed by atoms with van der Waals surface area (Å²) in [5, 5.41) is 37.1. The summed E-state index contributed by atoms with van der Waals surface area (Å²) in [6.07, 6.45) is -4.64. The van der Waals surface area contributed by atoms with Crippen LogP contribution in [0.5, 0.6) is 0 Å². The van der Waals surface area contributed by atoms with Gasteiger partial charge in [-0.3, -0.25) is 0 Å². The van der Waals surface area contributed by atoms with E-state index >= 15 is 0 Å². The van der Waals surface area contributed by atoms with Crippen LogP contribution in [0.3, 0.4) is 0 Å². The van der Waals surface area contributed by atoms with Crippen LogP contribution in [0, 0.1) is 0 Å². The van der Waals surface area contributed by atoms with Crippen LogP contribution in [0.4, 0.5) is 0 Å². The molecule has 88 valence electrons. The molecule has 0 unspecified atom stereocenters. The van der Waals surface area contributed by atoms with Gasteiger partial charge in [-0.25, -0.2) is 0 Å². The highest BCUT2D eigenvalue weighted by atomic mass is 16.7. The molecule has 0 saturated carbocycles. The number of aliphatic hydroxyl groups excluding tert-OH is 4. The van der Waals surface area contributed by atoms with Crippen LogP contribution in [0.15, 0.2) is 12.7 Å². The zero-order chi connectivity index (χ0) is 11.4. The van der Waals surface area contributed by atoms with Crippen LogP contribution in [-0.4, -0.2) is 64.3 Å². The van der Waals surface area contributed by atoms with Gasteiger partial charge >= 0.3 is 0 Å². The molecule has 1 heterocycles. The predicted octanol–water partition coefficient (Wildman–Crippen LogP) is -2.01. The van der Waals surface area contributed by atoms with Crippen molar-refractivity contribution in [3.8, 4) is 0 Å². The Morgan fingerprint density at radius 3 is 2.40 bits per heavy atom. The van der Waals surface area contributed by atoms with Crippen molar-refractivity contribution in [1.29, 1.82) is 0 Å². The van der Waals surface area contributed by atoms with E-state index in [9.17, 15) is 15.3 Å². The summed E-state index contributed by atoms with van der Waals surface area (Å²) in [6, 6.07) is 0. The third-order valence-corrected chi connectivity index (χ3v) is 2.23. The summed E-state index contributed by atoms with van der Waals surface area (Å²) in [5.74, 6) is 0. The monoisotopic (exact) mass is 220 g/mol. The van der Waals surface area contributed by atoms with Crippen LogP contribution >= 0.6 is 0 Å². The molecule has 0 bridgehead atoms. The molecule has 0 radical (unpaired) electrons. The first kappa shape index (κ1) is 12.6. The van der Waals surface area contributed by atoms with E-state index in [2.05, 4.69) is 6.58 Å². The highest BCUT2D eigenvalue weighted by molar-refractivity contribution is 4.89. The lowest BCUT2D eigenvalue weighted by molar-refractivity contribution is -0.298. The summed E-state index contributed by atoms with van der Waals surface area (Å²) < 4.78 is 10.1. The Morgan fingerprint density at radius 1 is 1.20 bits per heavy atom. The highest BCUT2D eigenvalue weighted by Gasteiger charge is 2.43. The Balaban J connectivity index is 2.60. The maximum Gasteiger partial charge on any atom is 0.187 e. The van der Waals surface area contributed by atoms with Crippen molar-refractivity contribution in [1.82, 2.24) is 0 Å². The lowest BCUT2D eigenvalue weighted by atomic mass is 9.99. The van der Waals surface area contributed by atoms with Crippen molar-refractivity contribution in [3.63, 3.8) is 0 Å². The smallest absolute Gasteiger partial charge is 0.187 e. The number of hydrogen-bond acceptors (Lipinski definition) is 6. The summed E-state index contributed by atoms with van der Waals surface area (Å²) in [5.41, 5.74) is 0. The molecule has 15 heavy (non-hydrogen) atoms. The lowest BCUT2D eigenvalue weighted by Crippen LogP contribution is -2.59. The molecule has 0 spiro atoms. The fraction of sp³-hybridized carbons (Fsp3) is 0.778. The highest BCUT2D eigenvalue weighted by Crippen LogP contribution is 2.21. The largest absolute Gasteiger partial charge is 0.394 e. The van der Waals surface area contributed by atoms with Crippen LogP contribution in [-0.2, 0) is 9.47 Å². The minimum atomic E-state index is -1.40. The summed E-state index contributed by atoms with van der Waals surface area (Å²) in [4.78, 5) is 0. The average Bonchev–Trinajstić information content (AvgIpc) is 2.25. The second kappa shape index (κ2) is 5.55. The topological polar surface area (TPSA) is 99.4 Å². The van der Waals surface area contributed by atoms with Gasteiger partial charge in [0.25, 0.3) is 0 Å². The van der Waals surface area contributed by atoms with Crippen LogP contribution in [0.2, 0.25) is 0 Å². The number of hydrogen-bond donors (Lipinski definition) is 4. The minimum Gasteiger partial charge on any atom is -0.394 e. The first-order valence-electron chi connectivity index (χ1n) is 4.64. The second-order valence-electron chi connectivity index (χ2n) is 3.32. The fourth-order valence-electron chi connectivity index (χ4n) is 1.37. The van der Waals surface area contributed by atoms with Gasteiger partial charge in [0.15, 0.2) is 6.29 Å². The molecule has 0 amide bonds. The van der Waals surface area contributed by atoms with E-state index in [1.165, 1.54) is 6.08 Å². The van der Waals surface area contributed by atoms with E-state index in [0.29, 0.717) is 0 Å². The standard InChI is InChI=1S/C9H16O6/c1-2-3-14-9-8(13)7(12)6(11)5(4-10)15-9/h2,5-13H,1,3-4H2/t5-,6-,7+,8+,9-/m1/s1. The van der Waals surface area contributed by atoms with E-state index in [-0.39, 0.29) is 6.61 Å². The molecule has 1 aliphatic rings. The summed E-state index contributed by atoms with van der Waals surface area (Å²) in [7, 11) is 0. The molecule has 1 saturated heterocycles. The van der Waals surface area contributed by atoms with Crippen molar-refractivity contribution < 1.29 is 29.9 Å². The van der Waals surface area contributed by atoms with Gasteiger partial charge in [-0.05, 0) is 0 Å². The quantitative estimate of drug-likeness (QED) is 0.408. The van der Waals surface area contributed by atoms with Gasteiger partial charge in [0.05, 0.1) is 13.2 Å². The van der Waals surface area contributed by atoms with Gasteiger partial charge in [0.1, 0.15) is 24.4 Å². The molecule has 5 atom stereocenters. The fourth-order valence-corrected chi connectivity index (χ4v) is 1.37. The molecule has 1 aliphatic heterocycles. The Kier molecular flexibility index (Phi) is 4.65. The molecule has 1 fully saturated rings. The van der Waals surface area contributed by atoms with E-state index in [4.69, 9.17) is 14.6 Å². The lowest BCUT2D eigenvalue weighted by Gasteiger charge is -2.39. The van der Waals surface area contributed by atoms with E-state index < -0.39 is 37.3 Å². The van der Waals surface area contributed by atoms with E-state index in [1.807, 2.05) is 0 Å². The molecule has 6 nitrogen and oxygen atoms in total. The SMILES string of the molecule is C=CCO[C@@H]1O[C@H](CO)[C@@H](O)[C@H](O)[C@@H]1O. The van der Waals surface area contributed by atoms with Crippen LogP contribution in [0.25, 0.3) is 0 Å². The predicted molar refractivity (Wildman–Crippen MR) is 49.9 cm³/mol. The summed E-state index contributed by atoms with van der Waals surface area (Å²) in [6.45, 7) is 3.10. The maximum atomic E-state index is 9.47. The Bertz CT molecular complexity index is 207. The molecule has 0 aromatic heterocycles. The number of aliphatic hydroxyl groups is 4. The maximum absolute atomic E-state index is 9.47. The number of ether oxygens (including phenoxy) is 2. The number of rotatable bonds is 4. The minimum absolute atomic E-state index is 0.142. The van der Waals surface area contributed by atoms with Crippen molar-refractivity contribution >= 4 is 0 Å². The van der Waals surface area contributed by atoms with Crippen molar-refractivity contribution in [2.45, 2.75) is 30.7 Å². The summed E-state index contributed by atoms with van der Waals surface area (Å²) >= 11 is 0. The Labute approximate surface area is 87.4 Å². The van der Waals surface area contributed by atoms with Crippen LogP contribution in [0.1, 0.15) is 0 Å². The first-order valence-corrected chi connectivity index (χ1v) is 4.64. The zero-order valence-corrected chi connectivity index (χ0v) is 8.19. The van der Waals surface area contributed by atoms with E-state index in [1.54, 1.807) is 0 Å². The molecule has 0 aliphatic carbocycles. The van der Waals surface area contributed by atoms with Gasteiger partial charge in [-0.1, -0.05) is 6.08 Å². The third kappa shape index (κ3) is 2.75. The normalized spacial score (nSPS) is 41.5. The second-order valence-corrected chi connectivity index (χ2v) is 3.32. The Morgan fingerprint density at radius 2 is 1.87 bits per heavy atom. The van der Waals surface area contributed by atoms with Gasteiger partial charge in [-0.2, -0.15) is 0 Å². The Hall–Kier alpha value is -0.500. The molecule has 4 N–H and O–H groups in total. The van der Waals surface area contributed by atoms with Gasteiger partial charge in [0, 0.05) is 0 Å². The third-order valence-electron chi connectivity index (χ3n) is 2.23. The van der Waals surface area contributed by atoms with E-state index in [0.717, 1.165) is 0 Å². The van der Waals surface area contributed by atoms with Gasteiger partial charge in [-0.15, -0.1) is 6.58 Å². The van der Waals surface area contributed by atoms with Crippen molar-refractivity contribution in [3.05, 3.63) is 12.7 Å². The van der Waals surface area contributed by atoms with Crippen LogP contribution < -0.4 is 0 Å². The van der Waals surface area contributed by atoms with Crippen molar-refractivity contribution in [2.75, 3.05) is 13.2 Å². The molecule has 6 heteroatoms. The van der Waals surface area contributed by atoms with Gasteiger partial charge < -0.3 is 29.9 Å². The molecule has 0 aromatic carbocycles. The van der Waals surface area contributed by atoms with Gasteiger partial charge in [0.2, 0.25) is 0 Å². The molecule has 1 rings (SSSR count). The molecular weight excluding hydrogens is 204 g/mol. The first-order chi connectivity index (χ1) is 7.11. The molecule has 0 aromatic rings. The zero-order valence-electron chi connectivity index (χ0n) is 8.19. The van der Waals surface area contributed by atoms with Crippen molar-refractivity contribution in [2.24, 2.45) is 0 Å².